The topological polar surface area (TPSA) is 79.3 Å². The second kappa shape index (κ2) is 9.89. The number of ether oxygens (including phenoxy) is 2. The summed E-state index contributed by atoms with van der Waals surface area (Å²) in [4.78, 5) is 28.0. The Balaban J connectivity index is 2.13. The van der Waals surface area contributed by atoms with Crippen molar-refractivity contribution in [3.63, 3.8) is 0 Å². The highest BCUT2D eigenvalue weighted by Gasteiger charge is 2.26. The lowest BCUT2D eigenvalue weighted by molar-refractivity contribution is -0.149. The van der Waals surface area contributed by atoms with Gasteiger partial charge in [-0.3, -0.25) is 9.59 Å². The molecule has 1 aliphatic rings. The van der Waals surface area contributed by atoms with E-state index in [1.54, 1.807) is 6.92 Å². The Bertz CT molecular complexity index is 671. The van der Waals surface area contributed by atoms with Gasteiger partial charge in [0.25, 0.3) is 0 Å². The molecule has 0 spiro atoms. The molecule has 0 saturated heterocycles. The number of anilines is 1. The Kier molecular flexibility index (Phi) is 7.83. The number of β-amino-alcohol motifs (C(OH)–C–C–N with tert-alkyl or cyclic N) is 1. The number of nitrogens with zero attached hydrogens (tertiary/aromatic N) is 2. The normalized spacial score (nSPS) is 16.2. The lowest BCUT2D eigenvalue weighted by Crippen LogP contribution is -2.43. The molecule has 7 heteroatoms. The van der Waals surface area contributed by atoms with Crippen LogP contribution in [0.1, 0.15) is 39.7 Å². The van der Waals surface area contributed by atoms with Crippen molar-refractivity contribution in [1.82, 2.24) is 4.90 Å². The molecular weight excluding hydrogens is 360 g/mol. The van der Waals surface area contributed by atoms with Crippen molar-refractivity contribution in [2.24, 2.45) is 0 Å². The van der Waals surface area contributed by atoms with Gasteiger partial charge in [0.05, 0.1) is 24.9 Å². The summed E-state index contributed by atoms with van der Waals surface area (Å²) in [5.41, 5.74) is 1.57. The summed E-state index contributed by atoms with van der Waals surface area (Å²) in [5, 5.41) is 10.4. The first-order chi connectivity index (χ1) is 13.2. The van der Waals surface area contributed by atoms with Gasteiger partial charge in [0.2, 0.25) is 5.91 Å². The summed E-state index contributed by atoms with van der Waals surface area (Å²) < 4.78 is 10.7. The number of carbonyl (C=O) groups excluding carboxylic acids is 2. The quantitative estimate of drug-likeness (QED) is 0.715. The number of aliphatic hydroxyl groups excluding tert-OH is 1. The fourth-order valence-corrected chi connectivity index (χ4v) is 3.11. The van der Waals surface area contributed by atoms with E-state index in [1.165, 1.54) is 4.90 Å². The van der Waals surface area contributed by atoms with E-state index < -0.39 is 12.1 Å². The third kappa shape index (κ3) is 6.80. The largest absolute Gasteiger partial charge is 0.465 e. The standard InChI is InChI=1S/C21H32N2O5/c1-5-27-20(26)14-23-12-16-8-6-7-9-18(16)22(11-10-19(23)25)13-17(24)15-28-21(2,3)4/h6-9,17,24H,5,10-15H2,1-4H3. The second-order valence-corrected chi connectivity index (χ2v) is 7.96. The molecule has 1 N–H and O–H groups in total. The van der Waals surface area contributed by atoms with Crippen LogP contribution in [0.3, 0.4) is 0 Å². The summed E-state index contributed by atoms with van der Waals surface area (Å²) in [6.07, 6.45) is -0.405. The Labute approximate surface area is 167 Å². The number of esters is 1. The fraction of sp³-hybridized carbons (Fsp3) is 0.619. The van der Waals surface area contributed by atoms with Crippen LogP contribution in [0.4, 0.5) is 5.69 Å². The molecule has 1 amide bonds. The highest BCUT2D eigenvalue weighted by Crippen LogP contribution is 2.25. The van der Waals surface area contributed by atoms with Crippen LogP contribution in [0.2, 0.25) is 0 Å². The van der Waals surface area contributed by atoms with Gasteiger partial charge in [0, 0.05) is 31.7 Å². The zero-order chi connectivity index (χ0) is 20.7. The van der Waals surface area contributed by atoms with E-state index in [4.69, 9.17) is 9.47 Å². The lowest BCUT2D eigenvalue weighted by Gasteiger charge is -2.34. The molecule has 0 saturated carbocycles. The molecule has 0 bridgehead atoms. The third-order valence-corrected chi connectivity index (χ3v) is 4.41. The van der Waals surface area contributed by atoms with Gasteiger partial charge in [0.15, 0.2) is 0 Å². The van der Waals surface area contributed by atoms with Crippen LogP contribution in [0.5, 0.6) is 0 Å². The highest BCUT2D eigenvalue weighted by molar-refractivity contribution is 5.83. The maximum absolute atomic E-state index is 12.6. The molecule has 1 aromatic rings. The summed E-state index contributed by atoms with van der Waals surface area (Å²) in [6.45, 7) is 9.22. The SMILES string of the molecule is CCOC(=O)CN1Cc2ccccc2N(CC(O)COC(C)(C)C)CCC1=O. The number of amides is 1. The molecule has 0 fully saturated rings. The van der Waals surface area contributed by atoms with Gasteiger partial charge in [-0.15, -0.1) is 0 Å². The maximum atomic E-state index is 12.6. The van der Waals surface area contributed by atoms with E-state index in [-0.39, 0.29) is 31.1 Å². The molecule has 1 heterocycles. The molecule has 1 atom stereocenters. The van der Waals surface area contributed by atoms with E-state index in [2.05, 4.69) is 0 Å². The Morgan fingerprint density at radius 3 is 2.64 bits per heavy atom. The monoisotopic (exact) mass is 392 g/mol. The molecule has 1 aliphatic heterocycles. The third-order valence-electron chi connectivity index (χ3n) is 4.41. The average molecular weight is 392 g/mol. The number of rotatable bonds is 7. The van der Waals surface area contributed by atoms with E-state index in [1.807, 2.05) is 49.9 Å². The lowest BCUT2D eigenvalue weighted by atomic mass is 10.1. The molecule has 1 aromatic carbocycles. The first kappa shape index (κ1) is 22.2. The van der Waals surface area contributed by atoms with Crippen molar-refractivity contribution in [2.45, 2.75) is 52.4 Å². The zero-order valence-electron chi connectivity index (χ0n) is 17.3. The van der Waals surface area contributed by atoms with Crippen LogP contribution < -0.4 is 4.90 Å². The Morgan fingerprint density at radius 2 is 1.96 bits per heavy atom. The van der Waals surface area contributed by atoms with Gasteiger partial charge >= 0.3 is 5.97 Å². The number of benzene rings is 1. The minimum atomic E-state index is -0.669. The minimum absolute atomic E-state index is 0.0525. The smallest absolute Gasteiger partial charge is 0.325 e. The van der Waals surface area contributed by atoms with Crippen LogP contribution in [0.15, 0.2) is 24.3 Å². The van der Waals surface area contributed by atoms with Crippen LogP contribution in [-0.2, 0) is 25.6 Å². The van der Waals surface area contributed by atoms with E-state index in [0.29, 0.717) is 26.2 Å². The van der Waals surface area contributed by atoms with Crippen molar-refractivity contribution < 1.29 is 24.2 Å². The van der Waals surface area contributed by atoms with E-state index in [0.717, 1.165) is 11.3 Å². The Hall–Kier alpha value is -2.12. The van der Waals surface area contributed by atoms with Crippen molar-refractivity contribution in [1.29, 1.82) is 0 Å². The van der Waals surface area contributed by atoms with E-state index >= 15 is 0 Å². The number of hydrogen-bond donors (Lipinski definition) is 1. The number of fused-ring (bicyclic) bond motifs is 1. The van der Waals surface area contributed by atoms with Crippen molar-refractivity contribution >= 4 is 17.6 Å². The van der Waals surface area contributed by atoms with Gasteiger partial charge in [-0.2, -0.15) is 0 Å². The summed E-state index contributed by atoms with van der Waals surface area (Å²) in [5.74, 6) is -0.506. The molecule has 1 unspecified atom stereocenters. The van der Waals surface area contributed by atoms with Crippen LogP contribution in [-0.4, -0.2) is 66.4 Å². The van der Waals surface area contributed by atoms with Crippen molar-refractivity contribution in [3.8, 4) is 0 Å². The van der Waals surface area contributed by atoms with Gasteiger partial charge in [-0.05, 0) is 39.3 Å². The average Bonchev–Trinajstić information content (AvgIpc) is 2.62. The summed E-state index contributed by atoms with van der Waals surface area (Å²) >= 11 is 0. The van der Waals surface area contributed by atoms with Crippen molar-refractivity contribution in [3.05, 3.63) is 29.8 Å². The number of carbonyl (C=O) groups is 2. The maximum Gasteiger partial charge on any atom is 0.325 e. The van der Waals surface area contributed by atoms with Crippen LogP contribution in [0, 0.1) is 0 Å². The molecule has 7 nitrogen and oxygen atoms in total. The molecule has 0 radical (unpaired) electrons. The van der Waals surface area contributed by atoms with Gasteiger partial charge < -0.3 is 24.4 Å². The van der Waals surface area contributed by atoms with Crippen LogP contribution >= 0.6 is 0 Å². The van der Waals surface area contributed by atoms with Gasteiger partial charge in [0.1, 0.15) is 6.54 Å². The number of para-hydroxylation sites is 1. The van der Waals surface area contributed by atoms with Crippen LogP contribution in [0.25, 0.3) is 0 Å². The first-order valence-electron chi connectivity index (χ1n) is 9.78. The predicted octanol–water partition coefficient (Wildman–Crippen LogP) is 1.96. The molecule has 156 valence electrons. The highest BCUT2D eigenvalue weighted by atomic mass is 16.5. The first-order valence-corrected chi connectivity index (χ1v) is 9.78. The minimum Gasteiger partial charge on any atom is -0.465 e. The fourth-order valence-electron chi connectivity index (χ4n) is 3.11. The second-order valence-electron chi connectivity index (χ2n) is 7.96. The molecular formula is C21H32N2O5. The number of aliphatic hydroxyl groups is 1. The number of hydrogen-bond acceptors (Lipinski definition) is 6. The molecule has 28 heavy (non-hydrogen) atoms. The molecule has 2 rings (SSSR count). The zero-order valence-corrected chi connectivity index (χ0v) is 17.3. The van der Waals surface area contributed by atoms with E-state index in [9.17, 15) is 14.7 Å². The Morgan fingerprint density at radius 1 is 1.25 bits per heavy atom. The van der Waals surface area contributed by atoms with Gasteiger partial charge in [-0.1, -0.05) is 18.2 Å². The molecule has 0 aliphatic carbocycles. The summed E-state index contributed by atoms with van der Waals surface area (Å²) in [7, 11) is 0. The predicted molar refractivity (Wildman–Crippen MR) is 107 cm³/mol. The summed E-state index contributed by atoms with van der Waals surface area (Å²) in [6, 6.07) is 7.76. The van der Waals surface area contributed by atoms with Crippen molar-refractivity contribution in [2.75, 3.05) is 37.7 Å². The van der Waals surface area contributed by atoms with Gasteiger partial charge in [-0.25, -0.2) is 0 Å². The molecule has 0 aromatic heterocycles.